The minimum absolute atomic E-state index is 0.266. The predicted molar refractivity (Wildman–Crippen MR) is 127 cm³/mol. The Hall–Kier alpha value is -3.86. The van der Waals surface area contributed by atoms with Crippen LogP contribution in [0.1, 0.15) is 16.7 Å². The van der Waals surface area contributed by atoms with E-state index in [1.165, 1.54) is 16.7 Å². The molecule has 30 heavy (non-hydrogen) atoms. The van der Waals surface area contributed by atoms with Gasteiger partial charge in [0.2, 0.25) is 0 Å². The van der Waals surface area contributed by atoms with E-state index in [0.717, 1.165) is 27.7 Å². The first-order valence-corrected chi connectivity index (χ1v) is 9.85. The quantitative estimate of drug-likeness (QED) is 0.244. The number of fused-ring (bicyclic) bond motifs is 1. The average molecular weight is 396 g/mol. The van der Waals surface area contributed by atoms with E-state index in [4.69, 9.17) is 11.5 Å². The lowest BCUT2D eigenvalue weighted by molar-refractivity contribution is 1.34. The van der Waals surface area contributed by atoms with Crippen molar-refractivity contribution in [2.75, 3.05) is 11.1 Å². The van der Waals surface area contributed by atoms with Crippen molar-refractivity contribution in [2.24, 2.45) is 10.7 Å². The van der Waals surface area contributed by atoms with Crippen LogP contribution in [0.3, 0.4) is 0 Å². The molecule has 0 bridgehead atoms. The summed E-state index contributed by atoms with van der Waals surface area (Å²) in [6.45, 7) is 6.22. The van der Waals surface area contributed by atoms with Gasteiger partial charge in [0.05, 0.1) is 22.6 Å². The second-order valence-corrected chi connectivity index (χ2v) is 7.50. The normalized spacial score (nSPS) is 11.6. The number of rotatable bonds is 3. The molecule has 5 N–H and O–H groups in total. The van der Waals surface area contributed by atoms with Crippen molar-refractivity contribution in [1.82, 2.24) is 4.98 Å². The zero-order valence-corrected chi connectivity index (χ0v) is 17.4. The number of nitrogens with one attached hydrogen (secondary N) is 1. The fraction of sp³-hybridized carbons (Fsp3) is 0.120. The maximum Gasteiger partial charge on any atom is 0.198 e. The standard InChI is InChI=1S/C25H25N5/c1-15-7-4-8-16(2)22(15)19-13-17(3)23(20(26)14-19)30-25(27)29-21-11-5-9-18-10-6-12-28-24(18)21/h4-14H,26H2,1-3H3,(H3,27,29,30). The van der Waals surface area contributed by atoms with E-state index >= 15 is 0 Å². The van der Waals surface area contributed by atoms with Gasteiger partial charge in [-0.2, -0.15) is 0 Å². The van der Waals surface area contributed by atoms with Gasteiger partial charge in [0.1, 0.15) is 0 Å². The Morgan fingerprint density at radius 2 is 1.60 bits per heavy atom. The molecule has 0 spiro atoms. The number of aromatic nitrogens is 1. The third kappa shape index (κ3) is 3.70. The number of benzene rings is 3. The van der Waals surface area contributed by atoms with Crippen molar-refractivity contribution in [3.05, 3.63) is 83.6 Å². The average Bonchev–Trinajstić information content (AvgIpc) is 2.71. The summed E-state index contributed by atoms with van der Waals surface area (Å²) in [6.07, 6.45) is 1.76. The fourth-order valence-electron chi connectivity index (χ4n) is 3.87. The zero-order valence-electron chi connectivity index (χ0n) is 17.4. The predicted octanol–water partition coefficient (Wildman–Crippen LogP) is 5.47. The smallest absolute Gasteiger partial charge is 0.198 e. The summed E-state index contributed by atoms with van der Waals surface area (Å²) in [7, 11) is 0. The Kier molecular flexibility index (Phi) is 5.11. The van der Waals surface area contributed by atoms with Crippen LogP contribution in [0.2, 0.25) is 0 Å². The largest absolute Gasteiger partial charge is 0.397 e. The molecule has 150 valence electrons. The molecule has 0 aliphatic rings. The SMILES string of the molecule is Cc1cc(-c2c(C)cccc2C)cc(N)c1N=C(N)Nc1cccc2cccnc12. The first-order chi connectivity index (χ1) is 14.4. The van der Waals surface area contributed by atoms with Gasteiger partial charge < -0.3 is 16.8 Å². The van der Waals surface area contributed by atoms with Crippen molar-refractivity contribution < 1.29 is 0 Å². The van der Waals surface area contributed by atoms with Crippen molar-refractivity contribution in [3.63, 3.8) is 0 Å². The summed E-state index contributed by atoms with van der Waals surface area (Å²) in [6, 6.07) is 20.2. The molecule has 0 unspecified atom stereocenters. The van der Waals surface area contributed by atoms with Crippen LogP contribution < -0.4 is 16.8 Å². The van der Waals surface area contributed by atoms with Crippen LogP contribution in [0.4, 0.5) is 17.1 Å². The maximum absolute atomic E-state index is 6.39. The van der Waals surface area contributed by atoms with Crippen LogP contribution in [0.15, 0.2) is 71.9 Å². The highest BCUT2D eigenvalue weighted by Crippen LogP contribution is 2.35. The Balaban J connectivity index is 1.70. The van der Waals surface area contributed by atoms with Crippen molar-refractivity contribution in [2.45, 2.75) is 20.8 Å². The van der Waals surface area contributed by atoms with Crippen LogP contribution in [0, 0.1) is 20.8 Å². The van der Waals surface area contributed by atoms with Crippen LogP contribution in [0.5, 0.6) is 0 Å². The van der Waals surface area contributed by atoms with Gasteiger partial charge in [-0.1, -0.05) is 36.4 Å². The molecule has 1 heterocycles. The van der Waals surface area contributed by atoms with E-state index in [0.29, 0.717) is 11.4 Å². The van der Waals surface area contributed by atoms with Gasteiger partial charge in [-0.3, -0.25) is 4.98 Å². The highest BCUT2D eigenvalue weighted by molar-refractivity contribution is 6.02. The lowest BCUT2D eigenvalue weighted by Crippen LogP contribution is -2.22. The molecule has 0 radical (unpaired) electrons. The lowest BCUT2D eigenvalue weighted by atomic mass is 9.94. The summed E-state index contributed by atoms with van der Waals surface area (Å²) in [4.78, 5) is 9.01. The Bertz CT molecular complexity index is 1230. The monoisotopic (exact) mass is 395 g/mol. The molecule has 3 aromatic carbocycles. The second kappa shape index (κ2) is 7.87. The summed E-state index contributed by atoms with van der Waals surface area (Å²) >= 11 is 0. The third-order valence-corrected chi connectivity index (χ3v) is 5.23. The molecule has 0 amide bonds. The number of nitrogens with two attached hydrogens (primary N) is 2. The number of aliphatic imine (C=N–C) groups is 1. The molecule has 0 saturated carbocycles. The number of guanidine groups is 1. The van der Waals surface area contributed by atoms with Gasteiger partial charge in [-0.25, -0.2) is 4.99 Å². The van der Waals surface area contributed by atoms with E-state index in [2.05, 4.69) is 53.4 Å². The summed E-state index contributed by atoms with van der Waals surface area (Å²) in [5.74, 6) is 0.266. The molecule has 1 aromatic heterocycles. The molecule has 5 heteroatoms. The first-order valence-electron chi connectivity index (χ1n) is 9.85. The van der Waals surface area contributed by atoms with Gasteiger partial charge in [-0.15, -0.1) is 0 Å². The van der Waals surface area contributed by atoms with E-state index < -0.39 is 0 Å². The Morgan fingerprint density at radius 1 is 0.900 bits per heavy atom. The number of anilines is 2. The van der Waals surface area contributed by atoms with E-state index in [1.54, 1.807) is 6.20 Å². The number of nitrogens with zero attached hydrogens (tertiary/aromatic N) is 2. The molecule has 0 saturated heterocycles. The lowest BCUT2D eigenvalue weighted by Gasteiger charge is -2.14. The van der Waals surface area contributed by atoms with Gasteiger partial charge in [0.15, 0.2) is 5.96 Å². The molecular weight excluding hydrogens is 370 g/mol. The van der Waals surface area contributed by atoms with Crippen LogP contribution in [-0.4, -0.2) is 10.9 Å². The molecule has 0 aliphatic heterocycles. The van der Waals surface area contributed by atoms with Crippen LogP contribution in [-0.2, 0) is 0 Å². The summed E-state index contributed by atoms with van der Waals surface area (Å²) < 4.78 is 0. The maximum atomic E-state index is 6.39. The second-order valence-electron chi connectivity index (χ2n) is 7.50. The van der Waals surface area contributed by atoms with E-state index in [9.17, 15) is 0 Å². The van der Waals surface area contributed by atoms with Gasteiger partial charge >= 0.3 is 0 Å². The van der Waals surface area contributed by atoms with Crippen molar-refractivity contribution in [1.29, 1.82) is 0 Å². The fourth-order valence-corrected chi connectivity index (χ4v) is 3.87. The third-order valence-electron chi connectivity index (χ3n) is 5.23. The molecule has 0 fully saturated rings. The van der Waals surface area contributed by atoms with Crippen molar-refractivity contribution in [3.8, 4) is 11.1 Å². The minimum Gasteiger partial charge on any atom is -0.397 e. The first kappa shape index (κ1) is 19.5. The number of hydrogen-bond acceptors (Lipinski definition) is 3. The number of aryl methyl sites for hydroxylation is 3. The number of pyridine rings is 1. The summed E-state index contributed by atoms with van der Waals surface area (Å²) in [5, 5.41) is 4.19. The van der Waals surface area contributed by atoms with Gasteiger partial charge in [0.25, 0.3) is 0 Å². The topological polar surface area (TPSA) is 89.3 Å². The summed E-state index contributed by atoms with van der Waals surface area (Å²) in [5.41, 5.74) is 21.2. The highest BCUT2D eigenvalue weighted by atomic mass is 15.1. The Morgan fingerprint density at radius 3 is 2.33 bits per heavy atom. The molecule has 4 rings (SSSR count). The molecule has 5 nitrogen and oxygen atoms in total. The molecular formula is C25H25N5. The minimum atomic E-state index is 0.266. The van der Waals surface area contributed by atoms with Crippen LogP contribution >= 0.6 is 0 Å². The van der Waals surface area contributed by atoms with E-state index in [-0.39, 0.29) is 5.96 Å². The molecule has 4 aromatic rings. The number of nitrogen functional groups attached to an aromatic ring is 1. The van der Waals surface area contributed by atoms with E-state index in [1.807, 2.05) is 43.3 Å². The Labute approximate surface area is 176 Å². The van der Waals surface area contributed by atoms with Gasteiger partial charge in [0, 0.05) is 11.6 Å². The molecule has 0 atom stereocenters. The zero-order chi connectivity index (χ0) is 21.3. The number of hydrogen-bond donors (Lipinski definition) is 3. The molecule has 0 aliphatic carbocycles. The highest BCUT2D eigenvalue weighted by Gasteiger charge is 2.11. The number of para-hydroxylation sites is 1. The van der Waals surface area contributed by atoms with Gasteiger partial charge in [-0.05, 0) is 72.9 Å². The van der Waals surface area contributed by atoms with Crippen LogP contribution in [0.25, 0.3) is 22.0 Å². The van der Waals surface area contributed by atoms with Crippen molar-refractivity contribution >= 4 is 33.9 Å².